The maximum Gasteiger partial charge on any atom is 0.335 e. The van der Waals surface area contributed by atoms with Crippen LogP contribution in [0, 0.1) is 5.92 Å². The lowest BCUT2D eigenvalue weighted by Gasteiger charge is -2.36. The molecule has 0 saturated carbocycles. The first-order valence-electron chi connectivity index (χ1n) is 10.5. The number of aliphatic hydroxyl groups is 2. The second kappa shape index (κ2) is 13.3. The number of halogens is 2. The molecular formula is C21H30Cl2N2O7. The molecule has 0 aromatic heterocycles. The number of aliphatic hydroxyl groups excluding tert-OH is 2. The van der Waals surface area contributed by atoms with E-state index in [-0.39, 0.29) is 0 Å². The van der Waals surface area contributed by atoms with Crippen molar-refractivity contribution in [2.24, 2.45) is 5.92 Å². The van der Waals surface area contributed by atoms with E-state index < -0.39 is 24.1 Å². The van der Waals surface area contributed by atoms with E-state index in [0.717, 1.165) is 63.2 Å². The van der Waals surface area contributed by atoms with Crippen molar-refractivity contribution in [1.29, 1.82) is 0 Å². The Bertz CT molecular complexity index is 738. The Hall–Kier alpha value is -1.46. The maximum atomic E-state index is 9.77. The largest absolute Gasteiger partial charge is 0.479 e. The Kier molecular flexibility index (Phi) is 11.1. The van der Waals surface area contributed by atoms with E-state index in [9.17, 15) is 9.59 Å². The Morgan fingerprint density at radius 1 is 1.09 bits per heavy atom. The fraction of sp³-hybridized carbons (Fsp3) is 0.619. The highest BCUT2D eigenvalue weighted by Crippen LogP contribution is 2.26. The molecule has 3 atom stereocenters. The van der Waals surface area contributed by atoms with Crippen LogP contribution in [0.5, 0.6) is 0 Å². The molecule has 0 spiro atoms. The van der Waals surface area contributed by atoms with Crippen molar-refractivity contribution in [3.05, 3.63) is 33.8 Å². The number of ether oxygens (including phenoxy) is 1. The summed E-state index contributed by atoms with van der Waals surface area (Å²) in [6.45, 7) is 6.06. The molecule has 2 aliphatic heterocycles. The van der Waals surface area contributed by atoms with Crippen molar-refractivity contribution in [1.82, 2.24) is 10.2 Å². The molecule has 0 aliphatic carbocycles. The minimum Gasteiger partial charge on any atom is -0.479 e. The molecule has 2 aliphatic rings. The van der Waals surface area contributed by atoms with Gasteiger partial charge in [-0.15, -0.1) is 0 Å². The molecule has 1 aromatic carbocycles. The average molecular weight is 493 g/mol. The van der Waals surface area contributed by atoms with E-state index in [1.807, 2.05) is 12.1 Å². The standard InChI is InChI=1S/C17H24Cl2N2O.C4H6O6/c18-15-2-1-14(17(19)9-15)12-21(11-13-3-6-20-10-13)16-4-7-22-8-5-16;5-1(3(7)8)2(6)4(9)10/h1-2,9,13,16,20H,3-8,10-12H2;1-2,5-6H,(H,7,8)(H,9,10)/t13-;1-,2-/m01/s1. The molecule has 5 N–H and O–H groups in total. The summed E-state index contributed by atoms with van der Waals surface area (Å²) in [6, 6.07) is 6.44. The zero-order chi connectivity index (χ0) is 23.7. The predicted octanol–water partition coefficient (Wildman–Crippen LogP) is 1.46. The van der Waals surface area contributed by atoms with Gasteiger partial charge in [0.1, 0.15) is 0 Å². The summed E-state index contributed by atoms with van der Waals surface area (Å²) in [6.07, 6.45) is -1.03. The third kappa shape index (κ3) is 8.47. The van der Waals surface area contributed by atoms with Crippen molar-refractivity contribution in [2.45, 2.75) is 44.1 Å². The topological polar surface area (TPSA) is 140 Å². The first-order chi connectivity index (χ1) is 15.2. The third-order valence-electron chi connectivity index (χ3n) is 5.56. The van der Waals surface area contributed by atoms with Crippen LogP contribution < -0.4 is 5.32 Å². The van der Waals surface area contributed by atoms with E-state index in [2.05, 4.69) is 16.3 Å². The van der Waals surface area contributed by atoms with Gasteiger partial charge in [0.25, 0.3) is 0 Å². The summed E-state index contributed by atoms with van der Waals surface area (Å²) in [7, 11) is 0. The highest BCUT2D eigenvalue weighted by Gasteiger charge is 2.29. The molecule has 0 amide bonds. The fourth-order valence-corrected chi connectivity index (χ4v) is 4.20. The van der Waals surface area contributed by atoms with Gasteiger partial charge in [0.2, 0.25) is 0 Å². The zero-order valence-corrected chi connectivity index (χ0v) is 19.1. The minimum absolute atomic E-state index is 0.598. The van der Waals surface area contributed by atoms with Gasteiger partial charge in [0, 0.05) is 42.4 Å². The van der Waals surface area contributed by atoms with E-state index >= 15 is 0 Å². The highest BCUT2D eigenvalue weighted by molar-refractivity contribution is 6.35. The van der Waals surface area contributed by atoms with E-state index in [0.29, 0.717) is 11.1 Å². The predicted molar refractivity (Wildman–Crippen MR) is 119 cm³/mol. The first kappa shape index (κ1) is 26.8. The van der Waals surface area contributed by atoms with E-state index in [1.165, 1.54) is 12.0 Å². The third-order valence-corrected chi connectivity index (χ3v) is 6.14. The Morgan fingerprint density at radius 3 is 2.22 bits per heavy atom. The monoisotopic (exact) mass is 492 g/mol. The number of carboxylic acid groups (broad SMARTS) is 2. The highest BCUT2D eigenvalue weighted by atomic mass is 35.5. The molecule has 180 valence electrons. The molecule has 2 saturated heterocycles. The number of benzene rings is 1. The summed E-state index contributed by atoms with van der Waals surface area (Å²) < 4.78 is 5.53. The Balaban J connectivity index is 0.000000309. The van der Waals surface area contributed by atoms with Gasteiger partial charge in [0.15, 0.2) is 12.2 Å². The molecule has 0 unspecified atom stereocenters. The fourth-order valence-electron chi connectivity index (χ4n) is 3.73. The normalized spacial score (nSPS) is 21.0. The molecule has 2 heterocycles. The number of carboxylic acids is 2. The lowest BCUT2D eigenvalue weighted by atomic mass is 10.0. The molecule has 0 radical (unpaired) electrons. The number of aliphatic carboxylic acids is 2. The lowest BCUT2D eigenvalue weighted by molar-refractivity contribution is -0.165. The van der Waals surface area contributed by atoms with Gasteiger partial charge in [-0.1, -0.05) is 29.3 Å². The quantitative estimate of drug-likeness (QED) is 0.364. The van der Waals surface area contributed by atoms with Crippen LogP contribution in [-0.4, -0.2) is 88.4 Å². The lowest BCUT2D eigenvalue weighted by Crippen LogP contribution is -2.42. The number of hydrogen-bond acceptors (Lipinski definition) is 7. The summed E-state index contributed by atoms with van der Waals surface area (Å²) in [5, 5.41) is 37.5. The van der Waals surface area contributed by atoms with Gasteiger partial charge in [-0.2, -0.15) is 0 Å². The summed E-state index contributed by atoms with van der Waals surface area (Å²) in [4.78, 5) is 22.2. The smallest absolute Gasteiger partial charge is 0.335 e. The van der Waals surface area contributed by atoms with E-state index in [4.69, 9.17) is 48.4 Å². The van der Waals surface area contributed by atoms with Crippen LogP contribution >= 0.6 is 23.2 Å². The molecule has 0 bridgehead atoms. The van der Waals surface area contributed by atoms with Crippen molar-refractivity contribution >= 4 is 35.1 Å². The van der Waals surface area contributed by atoms with Gasteiger partial charge in [-0.25, -0.2) is 9.59 Å². The van der Waals surface area contributed by atoms with Crippen molar-refractivity contribution in [3.8, 4) is 0 Å². The van der Waals surface area contributed by atoms with Crippen molar-refractivity contribution < 1.29 is 34.8 Å². The molecule has 2 fully saturated rings. The van der Waals surface area contributed by atoms with Crippen LogP contribution in [0.25, 0.3) is 0 Å². The summed E-state index contributed by atoms with van der Waals surface area (Å²) >= 11 is 12.4. The number of carbonyl (C=O) groups is 2. The van der Waals surface area contributed by atoms with Crippen LogP contribution in [0.3, 0.4) is 0 Å². The van der Waals surface area contributed by atoms with Gasteiger partial charge in [0.05, 0.1) is 0 Å². The van der Waals surface area contributed by atoms with E-state index in [1.54, 1.807) is 0 Å². The van der Waals surface area contributed by atoms with Crippen LogP contribution in [0.2, 0.25) is 10.0 Å². The second-order valence-corrected chi connectivity index (χ2v) is 8.78. The van der Waals surface area contributed by atoms with Gasteiger partial charge in [-0.3, -0.25) is 4.90 Å². The maximum absolute atomic E-state index is 9.77. The summed E-state index contributed by atoms with van der Waals surface area (Å²) in [5.41, 5.74) is 1.17. The van der Waals surface area contributed by atoms with Crippen LogP contribution in [0.1, 0.15) is 24.8 Å². The average Bonchev–Trinajstić information content (AvgIpc) is 3.28. The Morgan fingerprint density at radius 2 is 1.72 bits per heavy atom. The van der Waals surface area contributed by atoms with Gasteiger partial charge in [-0.05, 0) is 56.0 Å². The van der Waals surface area contributed by atoms with Crippen molar-refractivity contribution in [3.63, 3.8) is 0 Å². The number of nitrogens with one attached hydrogen (secondary N) is 1. The second-order valence-electron chi connectivity index (χ2n) is 7.93. The minimum atomic E-state index is -2.27. The SMILES string of the molecule is Clc1ccc(CN(C[C@H]2CCNC2)C2CCOCC2)c(Cl)c1.O=C(O)[C@H](O)[C@@H](O)C(=O)O. The Labute approximate surface area is 196 Å². The zero-order valence-electron chi connectivity index (χ0n) is 17.6. The molecule has 11 heteroatoms. The van der Waals surface area contributed by atoms with Crippen LogP contribution in [-0.2, 0) is 20.9 Å². The van der Waals surface area contributed by atoms with Gasteiger partial charge < -0.3 is 30.5 Å². The molecule has 9 nitrogen and oxygen atoms in total. The van der Waals surface area contributed by atoms with Gasteiger partial charge >= 0.3 is 11.9 Å². The molecule has 3 rings (SSSR count). The van der Waals surface area contributed by atoms with Crippen LogP contribution in [0.15, 0.2) is 18.2 Å². The number of rotatable bonds is 8. The molecule has 1 aromatic rings. The first-order valence-corrected chi connectivity index (χ1v) is 11.2. The number of nitrogens with zero attached hydrogens (tertiary/aromatic N) is 1. The number of hydrogen-bond donors (Lipinski definition) is 5. The summed E-state index contributed by atoms with van der Waals surface area (Å²) in [5.74, 6) is -2.79. The molecular weight excluding hydrogens is 463 g/mol. The van der Waals surface area contributed by atoms with Crippen molar-refractivity contribution in [2.75, 3.05) is 32.8 Å². The molecule has 32 heavy (non-hydrogen) atoms. The van der Waals surface area contributed by atoms with Crippen LogP contribution in [0.4, 0.5) is 0 Å².